The molecule has 0 spiro atoms. The second-order valence-corrected chi connectivity index (χ2v) is 4.06. The zero-order chi connectivity index (χ0) is 13.3. The maximum Gasteiger partial charge on any atom is 0.149 e. The van der Waals surface area contributed by atoms with Crippen molar-refractivity contribution in [2.45, 2.75) is 6.92 Å². The van der Waals surface area contributed by atoms with Crippen molar-refractivity contribution in [1.29, 1.82) is 0 Å². The van der Waals surface area contributed by atoms with E-state index in [2.05, 4.69) is 4.98 Å². The van der Waals surface area contributed by atoms with Crippen LogP contribution in [0, 0.1) is 18.6 Å². The molecule has 18 heavy (non-hydrogen) atoms. The van der Waals surface area contributed by atoms with Crippen molar-refractivity contribution < 1.29 is 8.78 Å². The molecular weight excluding hydrogens is 236 g/mol. The molecule has 0 atom stereocenters. The van der Waals surface area contributed by atoms with Crippen molar-refractivity contribution in [3.63, 3.8) is 0 Å². The Morgan fingerprint density at radius 1 is 1.22 bits per heavy atom. The lowest BCUT2D eigenvalue weighted by molar-refractivity contribution is 0.583. The molecule has 1 aromatic heterocycles. The van der Waals surface area contributed by atoms with Crippen LogP contribution in [0.4, 0.5) is 26.0 Å². The van der Waals surface area contributed by atoms with Gasteiger partial charge in [-0.15, -0.1) is 0 Å². The second-order valence-electron chi connectivity index (χ2n) is 4.06. The van der Waals surface area contributed by atoms with Gasteiger partial charge in [0.05, 0.1) is 17.6 Å². The molecule has 2 rings (SSSR count). The minimum Gasteiger partial charge on any atom is -0.397 e. The van der Waals surface area contributed by atoms with Crippen LogP contribution in [0.3, 0.4) is 0 Å². The Hall–Kier alpha value is -2.17. The first-order valence-electron chi connectivity index (χ1n) is 5.40. The van der Waals surface area contributed by atoms with E-state index in [0.717, 1.165) is 11.6 Å². The summed E-state index contributed by atoms with van der Waals surface area (Å²) in [4.78, 5) is 5.72. The lowest BCUT2D eigenvalue weighted by atomic mass is 10.2. The Morgan fingerprint density at radius 2 is 1.94 bits per heavy atom. The fourth-order valence-corrected chi connectivity index (χ4v) is 1.81. The highest BCUT2D eigenvalue weighted by molar-refractivity contribution is 5.64. The number of hydrogen-bond acceptors (Lipinski definition) is 3. The monoisotopic (exact) mass is 249 g/mol. The molecule has 5 heteroatoms. The number of nitrogen functional groups attached to an aromatic ring is 1. The summed E-state index contributed by atoms with van der Waals surface area (Å²) in [6, 6.07) is 5.18. The summed E-state index contributed by atoms with van der Waals surface area (Å²) in [5, 5.41) is 0. The van der Waals surface area contributed by atoms with Crippen LogP contribution in [0.25, 0.3) is 0 Å². The van der Waals surface area contributed by atoms with Gasteiger partial charge >= 0.3 is 0 Å². The number of aryl methyl sites for hydroxylation is 1. The molecule has 0 aliphatic rings. The molecule has 2 N–H and O–H groups in total. The highest BCUT2D eigenvalue weighted by Gasteiger charge is 2.13. The van der Waals surface area contributed by atoms with Gasteiger partial charge in [-0.2, -0.15) is 0 Å². The molecular formula is C13H13F2N3. The highest BCUT2D eigenvalue weighted by Crippen LogP contribution is 2.28. The number of halogens is 2. The molecule has 1 heterocycles. The van der Waals surface area contributed by atoms with Crippen molar-refractivity contribution in [3.8, 4) is 0 Å². The van der Waals surface area contributed by atoms with Crippen LogP contribution < -0.4 is 10.6 Å². The van der Waals surface area contributed by atoms with Crippen molar-refractivity contribution in [1.82, 2.24) is 4.98 Å². The van der Waals surface area contributed by atoms with Crippen LogP contribution >= 0.6 is 0 Å². The molecule has 0 amide bonds. The van der Waals surface area contributed by atoms with Gasteiger partial charge in [0.1, 0.15) is 17.5 Å². The predicted molar refractivity (Wildman–Crippen MR) is 67.8 cm³/mol. The van der Waals surface area contributed by atoms with Gasteiger partial charge in [-0.05, 0) is 30.7 Å². The SMILES string of the molecule is Cc1cc(N)cnc1N(C)c1ccc(F)cc1F. The first-order valence-corrected chi connectivity index (χ1v) is 5.40. The quantitative estimate of drug-likeness (QED) is 0.889. The topological polar surface area (TPSA) is 42.1 Å². The van der Waals surface area contributed by atoms with E-state index in [1.165, 1.54) is 18.3 Å². The van der Waals surface area contributed by atoms with E-state index in [-0.39, 0.29) is 5.69 Å². The maximum absolute atomic E-state index is 13.7. The smallest absolute Gasteiger partial charge is 0.149 e. The summed E-state index contributed by atoms with van der Waals surface area (Å²) in [7, 11) is 1.67. The molecule has 0 unspecified atom stereocenters. The summed E-state index contributed by atoms with van der Waals surface area (Å²) in [5.41, 5.74) is 7.24. The van der Waals surface area contributed by atoms with Crippen LogP contribution in [0.1, 0.15) is 5.56 Å². The number of aromatic nitrogens is 1. The molecule has 94 valence electrons. The number of nitrogens with two attached hydrogens (primary N) is 1. The molecule has 2 aromatic rings. The maximum atomic E-state index is 13.7. The van der Waals surface area contributed by atoms with E-state index in [1.54, 1.807) is 18.0 Å². The second kappa shape index (κ2) is 4.60. The molecule has 0 bridgehead atoms. The third-order valence-corrected chi connectivity index (χ3v) is 2.66. The Bertz CT molecular complexity index is 533. The van der Waals surface area contributed by atoms with Crippen LogP contribution in [-0.4, -0.2) is 12.0 Å². The highest BCUT2D eigenvalue weighted by atomic mass is 19.1. The Morgan fingerprint density at radius 3 is 2.56 bits per heavy atom. The van der Waals surface area contributed by atoms with Crippen LogP contribution in [0.5, 0.6) is 0 Å². The van der Waals surface area contributed by atoms with Crippen molar-refractivity contribution in [2.24, 2.45) is 0 Å². The van der Waals surface area contributed by atoms with Crippen molar-refractivity contribution in [3.05, 3.63) is 47.7 Å². The number of benzene rings is 1. The van der Waals surface area contributed by atoms with Crippen LogP contribution in [-0.2, 0) is 0 Å². The molecule has 0 saturated carbocycles. The fourth-order valence-electron chi connectivity index (χ4n) is 1.81. The summed E-state index contributed by atoms with van der Waals surface area (Å²) in [5.74, 6) is -0.656. The standard InChI is InChI=1S/C13H13F2N3/c1-8-5-10(16)7-17-13(8)18(2)12-4-3-9(14)6-11(12)15/h3-7H,16H2,1-2H3. The van der Waals surface area contributed by atoms with E-state index in [1.807, 2.05) is 6.92 Å². The van der Waals surface area contributed by atoms with Crippen molar-refractivity contribution in [2.75, 3.05) is 17.7 Å². The summed E-state index contributed by atoms with van der Waals surface area (Å²) in [6.45, 7) is 1.83. The lowest BCUT2D eigenvalue weighted by Crippen LogP contribution is -2.14. The summed E-state index contributed by atoms with van der Waals surface area (Å²) >= 11 is 0. The Kier molecular flexibility index (Phi) is 3.14. The fraction of sp³-hybridized carbons (Fsp3) is 0.154. The van der Waals surface area contributed by atoms with Gasteiger partial charge in [0.15, 0.2) is 0 Å². The van der Waals surface area contributed by atoms with Gasteiger partial charge in [-0.25, -0.2) is 13.8 Å². The molecule has 0 aliphatic heterocycles. The Balaban J connectivity index is 2.44. The lowest BCUT2D eigenvalue weighted by Gasteiger charge is -2.21. The molecule has 1 aromatic carbocycles. The minimum absolute atomic E-state index is 0.261. The summed E-state index contributed by atoms with van der Waals surface area (Å²) < 4.78 is 26.5. The van der Waals surface area contributed by atoms with E-state index < -0.39 is 11.6 Å². The zero-order valence-corrected chi connectivity index (χ0v) is 10.1. The number of nitrogens with zero attached hydrogens (tertiary/aromatic N) is 2. The van der Waals surface area contributed by atoms with Gasteiger partial charge in [0.2, 0.25) is 0 Å². The zero-order valence-electron chi connectivity index (χ0n) is 10.1. The van der Waals surface area contributed by atoms with Crippen LogP contribution in [0.2, 0.25) is 0 Å². The van der Waals surface area contributed by atoms with Gasteiger partial charge in [-0.3, -0.25) is 0 Å². The third-order valence-electron chi connectivity index (χ3n) is 2.66. The molecule has 3 nitrogen and oxygen atoms in total. The molecule has 0 radical (unpaired) electrons. The molecule has 0 saturated heterocycles. The average Bonchev–Trinajstić information content (AvgIpc) is 2.28. The number of rotatable bonds is 2. The van der Waals surface area contributed by atoms with E-state index in [4.69, 9.17) is 5.73 Å². The normalized spacial score (nSPS) is 10.4. The van der Waals surface area contributed by atoms with E-state index in [9.17, 15) is 8.78 Å². The number of anilines is 3. The average molecular weight is 249 g/mol. The Labute approximate surface area is 104 Å². The van der Waals surface area contributed by atoms with Crippen LogP contribution in [0.15, 0.2) is 30.5 Å². The molecule has 0 aliphatic carbocycles. The van der Waals surface area contributed by atoms with E-state index in [0.29, 0.717) is 11.5 Å². The first-order chi connectivity index (χ1) is 8.49. The van der Waals surface area contributed by atoms with Gasteiger partial charge in [0.25, 0.3) is 0 Å². The first kappa shape index (κ1) is 12.3. The van der Waals surface area contributed by atoms with Gasteiger partial charge < -0.3 is 10.6 Å². The van der Waals surface area contributed by atoms with E-state index >= 15 is 0 Å². The van der Waals surface area contributed by atoms with Gasteiger partial charge in [0, 0.05) is 13.1 Å². The third kappa shape index (κ3) is 2.25. The van der Waals surface area contributed by atoms with Gasteiger partial charge in [-0.1, -0.05) is 0 Å². The number of pyridine rings is 1. The predicted octanol–water partition coefficient (Wildman–Crippen LogP) is 3.02. The number of hydrogen-bond donors (Lipinski definition) is 1. The largest absolute Gasteiger partial charge is 0.397 e. The minimum atomic E-state index is -0.629. The molecule has 0 fully saturated rings. The van der Waals surface area contributed by atoms with Crippen molar-refractivity contribution >= 4 is 17.2 Å². The summed E-state index contributed by atoms with van der Waals surface area (Å²) in [6.07, 6.45) is 1.50.